The molecule has 0 amide bonds. The molecule has 5 heteroatoms. The maximum Gasteiger partial charge on any atom is 0.140 e. The van der Waals surface area contributed by atoms with Crippen LogP contribution in [0.4, 0.5) is 0 Å². The highest BCUT2D eigenvalue weighted by Gasteiger charge is 2.07. The number of rotatable bonds is 3. The Bertz CT molecular complexity index is 444. The first-order valence-corrected chi connectivity index (χ1v) is 4.90. The summed E-state index contributed by atoms with van der Waals surface area (Å²) in [7, 11) is 0. The molecule has 5 nitrogen and oxygen atoms in total. The van der Waals surface area contributed by atoms with Crippen LogP contribution in [0.15, 0.2) is 18.6 Å². The predicted molar refractivity (Wildman–Crippen MR) is 56.1 cm³/mol. The summed E-state index contributed by atoms with van der Waals surface area (Å²) in [6.07, 6.45) is 5.33. The number of aliphatic hydroxyl groups excluding tert-OH is 1. The molecular weight excluding hydrogens is 192 g/mol. The number of hydrogen-bond acceptors (Lipinski definition) is 3. The smallest absolute Gasteiger partial charge is 0.140 e. The number of aromatic nitrogens is 4. The fourth-order valence-corrected chi connectivity index (χ4v) is 1.33. The van der Waals surface area contributed by atoms with Crippen LogP contribution in [0.5, 0.6) is 0 Å². The zero-order valence-electron chi connectivity index (χ0n) is 8.81. The molecule has 0 aliphatic rings. The number of aromatic amines is 1. The van der Waals surface area contributed by atoms with Crippen LogP contribution in [0, 0.1) is 0 Å². The van der Waals surface area contributed by atoms with Crippen molar-refractivity contribution >= 4 is 0 Å². The lowest BCUT2D eigenvalue weighted by atomic mass is 10.3. The van der Waals surface area contributed by atoms with Crippen LogP contribution in [-0.2, 0) is 6.61 Å². The average molecular weight is 206 g/mol. The molecule has 0 saturated carbocycles. The predicted octanol–water partition coefficient (Wildman–Crippen LogP) is 1.35. The Morgan fingerprint density at radius 2 is 2.27 bits per heavy atom. The fraction of sp³-hybridized carbons (Fsp3) is 0.400. The molecule has 0 aliphatic carbocycles. The molecule has 0 aromatic carbocycles. The van der Waals surface area contributed by atoms with Gasteiger partial charge in [-0.25, -0.2) is 4.98 Å². The van der Waals surface area contributed by atoms with E-state index in [0.29, 0.717) is 11.7 Å². The summed E-state index contributed by atoms with van der Waals surface area (Å²) in [6, 6.07) is 0.339. The summed E-state index contributed by atoms with van der Waals surface area (Å²) >= 11 is 0. The monoisotopic (exact) mass is 206 g/mol. The van der Waals surface area contributed by atoms with Gasteiger partial charge >= 0.3 is 0 Å². The van der Waals surface area contributed by atoms with E-state index in [4.69, 9.17) is 5.11 Å². The lowest BCUT2D eigenvalue weighted by Gasteiger charge is -2.02. The minimum absolute atomic E-state index is 0.0225. The van der Waals surface area contributed by atoms with E-state index in [1.54, 1.807) is 12.4 Å². The van der Waals surface area contributed by atoms with Crippen LogP contribution in [0.1, 0.15) is 25.6 Å². The first-order chi connectivity index (χ1) is 7.20. The second kappa shape index (κ2) is 3.86. The van der Waals surface area contributed by atoms with Crippen molar-refractivity contribution in [2.75, 3.05) is 0 Å². The second-order valence-corrected chi connectivity index (χ2v) is 3.72. The van der Waals surface area contributed by atoms with Gasteiger partial charge in [-0.2, -0.15) is 5.10 Å². The quantitative estimate of drug-likeness (QED) is 0.796. The fourth-order valence-electron chi connectivity index (χ4n) is 1.33. The van der Waals surface area contributed by atoms with E-state index in [-0.39, 0.29) is 6.61 Å². The van der Waals surface area contributed by atoms with Gasteiger partial charge in [0, 0.05) is 12.2 Å². The Balaban J connectivity index is 2.28. The maximum atomic E-state index is 8.90. The molecule has 0 saturated heterocycles. The Kier molecular flexibility index (Phi) is 2.55. The van der Waals surface area contributed by atoms with Crippen molar-refractivity contribution in [1.29, 1.82) is 0 Å². The highest BCUT2D eigenvalue weighted by Crippen LogP contribution is 2.16. The highest BCUT2D eigenvalue weighted by atomic mass is 16.3. The van der Waals surface area contributed by atoms with E-state index in [1.165, 1.54) is 0 Å². The number of nitrogens with one attached hydrogen (secondary N) is 1. The number of aliphatic hydroxyl groups is 1. The Morgan fingerprint density at radius 1 is 1.47 bits per heavy atom. The lowest BCUT2D eigenvalue weighted by molar-refractivity contribution is 0.277. The van der Waals surface area contributed by atoms with E-state index in [2.05, 4.69) is 28.9 Å². The maximum absolute atomic E-state index is 8.90. The number of hydrogen-bond donors (Lipinski definition) is 2. The van der Waals surface area contributed by atoms with E-state index in [1.807, 2.05) is 10.9 Å². The Hall–Kier alpha value is -1.62. The number of H-pyrrole nitrogens is 1. The van der Waals surface area contributed by atoms with E-state index < -0.39 is 0 Å². The second-order valence-electron chi connectivity index (χ2n) is 3.72. The molecule has 2 N–H and O–H groups in total. The summed E-state index contributed by atoms with van der Waals surface area (Å²) in [5.41, 5.74) is 1.64. The number of nitrogens with zero attached hydrogens (tertiary/aromatic N) is 3. The molecule has 0 unspecified atom stereocenters. The molecule has 2 rings (SSSR count). The van der Waals surface area contributed by atoms with Crippen molar-refractivity contribution in [2.24, 2.45) is 0 Å². The lowest BCUT2D eigenvalue weighted by Crippen LogP contribution is -1.99. The van der Waals surface area contributed by atoms with Crippen molar-refractivity contribution in [1.82, 2.24) is 19.7 Å². The topological polar surface area (TPSA) is 66.7 Å². The van der Waals surface area contributed by atoms with Crippen molar-refractivity contribution in [3.8, 4) is 11.4 Å². The standard InChI is InChI=1S/C10H14N4O/c1-7(2)14-5-8(3-12-14)10-11-4-9(6-15)13-10/h3-5,7,15H,6H2,1-2H3,(H,11,13). The van der Waals surface area contributed by atoms with Gasteiger partial charge in [-0.3, -0.25) is 4.68 Å². The van der Waals surface area contributed by atoms with Gasteiger partial charge in [-0.15, -0.1) is 0 Å². The molecule has 15 heavy (non-hydrogen) atoms. The van der Waals surface area contributed by atoms with E-state index >= 15 is 0 Å². The van der Waals surface area contributed by atoms with Crippen LogP contribution in [-0.4, -0.2) is 24.9 Å². The van der Waals surface area contributed by atoms with Crippen molar-refractivity contribution < 1.29 is 5.11 Å². The third-order valence-electron chi connectivity index (χ3n) is 2.20. The average Bonchev–Trinajstić information content (AvgIpc) is 2.86. The third-order valence-corrected chi connectivity index (χ3v) is 2.20. The minimum Gasteiger partial charge on any atom is -0.390 e. The molecule has 2 aromatic rings. The largest absolute Gasteiger partial charge is 0.390 e. The van der Waals surface area contributed by atoms with Crippen molar-refractivity contribution in [3.63, 3.8) is 0 Å². The van der Waals surface area contributed by atoms with Crippen LogP contribution in [0.3, 0.4) is 0 Å². The molecule has 0 atom stereocenters. The zero-order valence-corrected chi connectivity index (χ0v) is 8.81. The summed E-state index contributed by atoms with van der Waals surface area (Å²) in [5.74, 6) is 0.742. The molecule has 0 radical (unpaired) electrons. The van der Waals surface area contributed by atoms with Gasteiger partial charge < -0.3 is 10.1 Å². The molecular formula is C10H14N4O. The molecule has 2 aromatic heterocycles. The molecule has 0 bridgehead atoms. The molecule has 2 heterocycles. The summed E-state index contributed by atoms with van der Waals surface area (Å²) in [5, 5.41) is 13.1. The molecule has 0 aliphatic heterocycles. The van der Waals surface area contributed by atoms with Gasteiger partial charge in [0.1, 0.15) is 5.82 Å². The molecule has 0 spiro atoms. The highest BCUT2D eigenvalue weighted by molar-refractivity contribution is 5.52. The van der Waals surface area contributed by atoms with Gasteiger partial charge in [0.25, 0.3) is 0 Å². The Labute approximate surface area is 87.8 Å². The normalized spacial score (nSPS) is 11.2. The SMILES string of the molecule is CC(C)n1cc(-c2ncc(CO)[nH]2)cn1. The van der Waals surface area contributed by atoms with Gasteiger partial charge in [-0.05, 0) is 13.8 Å². The van der Waals surface area contributed by atoms with Crippen LogP contribution < -0.4 is 0 Å². The van der Waals surface area contributed by atoms with Crippen LogP contribution >= 0.6 is 0 Å². The van der Waals surface area contributed by atoms with E-state index in [9.17, 15) is 0 Å². The van der Waals surface area contributed by atoms with Crippen LogP contribution in [0.2, 0.25) is 0 Å². The molecule has 0 fully saturated rings. The zero-order chi connectivity index (χ0) is 10.8. The first kappa shape index (κ1) is 9.92. The van der Waals surface area contributed by atoms with Crippen molar-refractivity contribution in [3.05, 3.63) is 24.3 Å². The first-order valence-electron chi connectivity index (χ1n) is 4.90. The van der Waals surface area contributed by atoms with Gasteiger partial charge in [0.2, 0.25) is 0 Å². The van der Waals surface area contributed by atoms with E-state index in [0.717, 1.165) is 11.4 Å². The van der Waals surface area contributed by atoms with Gasteiger partial charge in [0.15, 0.2) is 0 Å². The summed E-state index contributed by atoms with van der Waals surface area (Å²) in [4.78, 5) is 7.18. The summed E-state index contributed by atoms with van der Waals surface area (Å²) in [6.45, 7) is 4.11. The van der Waals surface area contributed by atoms with Crippen LogP contribution in [0.25, 0.3) is 11.4 Å². The van der Waals surface area contributed by atoms with Gasteiger partial charge in [-0.1, -0.05) is 0 Å². The minimum atomic E-state index is -0.0225. The number of imidazole rings is 1. The third kappa shape index (κ3) is 1.92. The molecule has 80 valence electrons. The van der Waals surface area contributed by atoms with Crippen molar-refractivity contribution in [2.45, 2.75) is 26.5 Å². The van der Waals surface area contributed by atoms with Gasteiger partial charge in [0.05, 0.1) is 30.3 Å². The summed E-state index contributed by atoms with van der Waals surface area (Å²) < 4.78 is 1.87. The Morgan fingerprint density at radius 3 is 2.80 bits per heavy atom.